The van der Waals surface area contributed by atoms with Crippen molar-refractivity contribution in [3.63, 3.8) is 0 Å². The lowest BCUT2D eigenvalue weighted by Gasteiger charge is -2.40. The van der Waals surface area contributed by atoms with Gasteiger partial charge in [-0.2, -0.15) is 0 Å². The van der Waals surface area contributed by atoms with Gasteiger partial charge < -0.3 is 9.30 Å². The van der Waals surface area contributed by atoms with Crippen LogP contribution in [0.2, 0.25) is 19.6 Å². The summed E-state index contributed by atoms with van der Waals surface area (Å²) in [5, 5.41) is 0. The van der Waals surface area contributed by atoms with E-state index in [-0.39, 0.29) is 11.9 Å². The molecule has 1 aliphatic rings. The molecule has 0 radical (unpaired) electrons. The number of esters is 1. The van der Waals surface area contributed by atoms with Gasteiger partial charge in [0, 0.05) is 6.04 Å². The second-order valence-corrected chi connectivity index (χ2v) is 11.1. The van der Waals surface area contributed by atoms with Crippen LogP contribution in [-0.4, -0.2) is 38.5 Å². The number of ether oxygens (including phenoxy) is 1. The van der Waals surface area contributed by atoms with Crippen molar-refractivity contribution in [2.24, 2.45) is 5.92 Å². The molecule has 0 unspecified atom stereocenters. The second kappa shape index (κ2) is 6.00. The molecule has 0 aliphatic heterocycles. The molecule has 0 saturated heterocycles. The van der Waals surface area contributed by atoms with Crippen LogP contribution < -0.4 is 0 Å². The van der Waals surface area contributed by atoms with Gasteiger partial charge in [0.05, 0.1) is 12.5 Å². The molecule has 0 aromatic rings. The third kappa shape index (κ3) is 4.10. The average molecular weight is 257 g/mol. The van der Waals surface area contributed by atoms with Crippen LogP contribution in [0.3, 0.4) is 0 Å². The molecule has 0 amide bonds. The molecule has 0 N–H and O–H groups in total. The molecule has 17 heavy (non-hydrogen) atoms. The van der Waals surface area contributed by atoms with Crippen molar-refractivity contribution in [3.8, 4) is 0 Å². The normalized spacial score (nSPS) is 26.0. The Labute approximate surface area is 107 Å². The Balaban J connectivity index is 2.43. The smallest absolute Gasteiger partial charge is 0.308 e. The van der Waals surface area contributed by atoms with E-state index in [1.165, 1.54) is 0 Å². The number of nitrogens with zero attached hydrogens (tertiary/aromatic N) is 1. The van der Waals surface area contributed by atoms with Crippen LogP contribution in [0.25, 0.3) is 0 Å². The molecule has 1 saturated carbocycles. The molecule has 0 spiro atoms. The minimum absolute atomic E-state index is 0.0154. The Morgan fingerprint density at radius 1 is 1.24 bits per heavy atom. The fourth-order valence-corrected chi connectivity index (χ4v) is 3.86. The van der Waals surface area contributed by atoms with Gasteiger partial charge in [-0.3, -0.25) is 4.79 Å². The predicted molar refractivity (Wildman–Crippen MR) is 73.5 cm³/mol. The molecular formula is C13H27NO2Si. The fourth-order valence-electron chi connectivity index (χ4n) is 2.51. The minimum Gasteiger partial charge on any atom is -0.466 e. The van der Waals surface area contributed by atoms with Gasteiger partial charge in [-0.15, -0.1) is 0 Å². The quantitative estimate of drug-likeness (QED) is 0.573. The number of hydrogen-bond donors (Lipinski definition) is 0. The minimum atomic E-state index is -1.20. The molecule has 1 rings (SSSR count). The Hall–Kier alpha value is -0.353. The average Bonchev–Trinajstić information content (AvgIpc) is 2.27. The Bertz CT molecular complexity index is 255. The molecule has 0 aromatic carbocycles. The lowest BCUT2D eigenvalue weighted by Crippen LogP contribution is -2.50. The zero-order valence-corrected chi connectivity index (χ0v) is 13.0. The predicted octanol–water partition coefficient (Wildman–Crippen LogP) is 2.88. The molecule has 3 nitrogen and oxygen atoms in total. The van der Waals surface area contributed by atoms with Crippen molar-refractivity contribution < 1.29 is 9.53 Å². The van der Waals surface area contributed by atoms with E-state index in [0.29, 0.717) is 12.6 Å². The summed E-state index contributed by atoms with van der Waals surface area (Å²) in [6.45, 7) is 9.52. The van der Waals surface area contributed by atoms with Crippen LogP contribution in [0.15, 0.2) is 0 Å². The molecule has 4 heteroatoms. The van der Waals surface area contributed by atoms with E-state index in [9.17, 15) is 4.79 Å². The summed E-state index contributed by atoms with van der Waals surface area (Å²) in [6, 6.07) is 0.673. The Morgan fingerprint density at radius 3 is 2.18 bits per heavy atom. The molecular weight excluding hydrogens is 230 g/mol. The summed E-state index contributed by atoms with van der Waals surface area (Å²) in [5.74, 6) is 0.169. The molecule has 0 atom stereocenters. The highest BCUT2D eigenvalue weighted by Crippen LogP contribution is 2.30. The molecule has 0 aromatic heterocycles. The van der Waals surface area contributed by atoms with E-state index in [0.717, 1.165) is 25.7 Å². The SMILES string of the molecule is CCOC(=O)C1CCC(N(C)[Si](C)(C)C)CC1. The van der Waals surface area contributed by atoms with Crippen molar-refractivity contribution in [2.45, 2.75) is 58.3 Å². The lowest BCUT2D eigenvalue weighted by atomic mass is 9.86. The largest absolute Gasteiger partial charge is 0.466 e. The third-order valence-corrected chi connectivity index (χ3v) is 6.40. The monoisotopic (exact) mass is 257 g/mol. The van der Waals surface area contributed by atoms with E-state index in [4.69, 9.17) is 4.74 Å². The Morgan fingerprint density at radius 2 is 1.76 bits per heavy atom. The number of hydrogen-bond acceptors (Lipinski definition) is 3. The van der Waals surface area contributed by atoms with Crippen LogP contribution >= 0.6 is 0 Å². The maximum atomic E-state index is 11.6. The highest BCUT2D eigenvalue weighted by Gasteiger charge is 2.33. The first kappa shape index (κ1) is 14.7. The first-order valence-electron chi connectivity index (χ1n) is 6.75. The zero-order chi connectivity index (χ0) is 13.1. The van der Waals surface area contributed by atoms with Gasteiger partial charge in [-0.25, -0.2) is 0 Å². The summed E-state index contributed by atoms with van der Waals surface area (Å²) < 4.78 is 7.68. The van der Waals surface area contributed by atoms with Crippen LogP contribution in [-0.2, 0) is 9.53 Å². The van der Waals surface area contributed by atoms with Crippen molar-refractivity contribution in [1.29, 1.82) is 0 Å². The Kier molecular flexibility index (Phi) is 5.19. The van der Waals surface area contributed by atoms with Gasteiger partial charge in [-0.1, -0.05) is 19.6 Å². The summed E-state index contributed by atoms with van der Waals surface area (Å²) in [6.07, 6.45) is 4.28. The zero-order valence-electron chi connectivity index (χ0n) is 12.0. The second-order valence-electron chi connectivity index (χ2n) is 6.04. The molecule has 100 valence electrons. The van der Waals surface area contributed by atoms with Gasteiger partial charge >= 0.3 is 5.97 Å². The highest BCUT2D eigenvalue weighted by atomic mass is 28.3. The fraction of sp³-hybridized carbons (Fsp3) is 0.923. The molecule has 1 aliphatic carbocycles. The van der Waals surface area contributed by atoms with E-state index >= 15 is 0 Å². The third-order valence-electron chi connectivity index (χ3n) is 3.92. The first-order chi connectivity index (χ1) is 7.86. The molecule has 0 heterocycles. The maximum absolute atomic E-state index is 11.6. The van der Waals surface area contributed by atoms with E-state index < -0.39 is 8.24 Å². The topological polar surface area (TPSA) is 29.5 Å². The standard InChI is InChI=1S/C13H27NO2Si/c1-6-16-13(15)11-7-9-12(10-8-11)14(2)17(3,4)5/h11-12H,6-10H2,1-5H3. The number of carbonyl (C=O) groups excluding carboxylic acids is 1. The summed E-state index contributed by atoms with van der Waals surface area (Å²) in [4.78, 5) is 11.6. The van der Waals surface area contributed by atoms with Crippen LogP contribution in [0.4, 0.5) is 0 Å². The van der Waals surface area contributed by atoms with Crippen LogP contribution in [0.1, 0.15) is 32.6 Å². The molecule has 1 fully saturated rings. The van der Waals surface area contributed by atoms with Crippen molar-refractivity contribution in [1.82, 2.24) is 4.57 Å². The molecule has 0 bridgehead atoms. The first-order valence-corrected chi connectivity index (χ1v) is 10.2. The number of rotatable bonds is 4. The maximum Gasteiger partial charge on any atom is 0.308 e. The van der Waals surface area contributed by atoms with Crippen molar-refractivity contribution in [2.75, 3.05) is 13.7 Å². The van der Waals surface area contributed by atoms with Gasteiger partial charge in [0.15, 0.2) is 0 Å². The van der Waals surface area contributed by atoms with E-state index in [1.807, 2.05) is 6.92 Å². The van der Waals surface area contributed by atoms with Crippen molar-refractivity contribution in [3.05, 3.63) is 0 Å². The van der Waals surface area contributed by atoms with E-state index in [1.54, 1.807) is 0 Å². The highest BCUT2D eigenvalue weighted by molar-refractivity contribution is 6.73. The van der Waals surface area contributed by atoms with Gasteiger partial charge in [0.2, 0.25) is 0 Å². The number of carbonyl (C=O) groups is 1. The van der Waals surface area contributed by atoms with Gasteiger partial charge in [0.1, 0.15) is 8.24 Å². The summed E-state index contributed by atoms with van der Waals surface area (Å²) in [7, 11) is 1.06. The lowest BCUT2D eigenvalue weighted by molar-refractivity contribution is -0.149. The van der Waals surface area contributed by atoms with Gasteiger partial charge in [0.25, 0.3) is 0 Å². The summed E-state index contributed by atoms with van der Waals surface area (Å²) in [5.41, 5.74) is 0. The summed E-state index contributed by atoms with van der Waals surface area (Å²) >= 11 is 0. The van der Waals surface area contributed by atoms with Crippen LogP contribution in [0.5, 0.6) is 0 Å². The van der Waals surface area contributed by atoms with Gasteiger partial charge in [-0.05, 0) is 39.7 Å². The van der Waals surface area contributed by atoms with Crippen molar-refractivity contribution >= 4 is 14.2 Å². The van der Waals surface area contributed by atoms with E-state index in [2.05, 4.69) is 31.3 Å². The van der Waals surface area contributed by atoms with Crippen LogP contribution in [0, 0.1) is 5.92 Å².